The van der Waals surface area contributed by atoms with E-state index in [-0.39, 0.29) is 12.6 Å². The standard InChI is InChI=1S/C14H18N4O2/c1-2-16-12-9-13(18-14(15)17-12)20-11-5-3-10(4-6-11)7-8-19/h3-6,9,19H,2,7-8H2,1H3,(H3,15,16,17,18). The lowest BCUT2D eigenvalue weighted by Gasteiger charge is -2.08. The molecule has 0 fully saturated rings. The molecule has 0 aliphatic heterocycles. The van der Waals surface area contributed by atoms with Crippen LogP contribution in [-0.2, 0) is 6.42 Å². The Morgan fingerprint density at radius 1 is 1.25 bits per heavy atom. The van der Waals surface area contributed by atoms with Gasteiger partial charge in [0.25, 0.3) is 0 Å². The van der Waals surface area contributed by atoms with Gasteiger partial charge in [0, 0.05) is 19.2 Å². The molecular weight excluding hydrogens is 256 g/mol. The third-order valence-electron chi connectivity index (χ3n) is 2.62. The van der Waals surface area contributed by atoms with Crippen molar-refractivity contribution >= 4 is 11.8 Å². The lowest BCUT2D eigenvalue weighted by Crippen LogP contribution is -2.04. The zero-order chi connectivity index (χ0) is 14.4. The van der Waals surface area contributed by atoms with Gasteiger partial charge >= 0.3 is 0 Å². The summed E-state index contributed by atoms with van der Waals surface area (Å²) in [6.07, 6.45) is 0.630. The molecule has 0 aliphatic carbocycles. The van der Waals surface area contributed by atoms with Gasteiger partial charge in [0.15, 0.2) is 0 Å². The van der Waals surface area contributed by atoms with E-state index in [1.807, 2.05) is 31.2 Å². The highest BCUT2D eigenvalue weighted by Gasteiger charge is 2.04. The van der Waals surface area contributed by atoms with Crippen LogP contribution in [0.1, 0.15) is 12.5 Å². The molecule has 0 radical (unpaired) electrons. The van der Waals surface area contributed by atoms with E-state index in [1.54, 1.807) is 6.07 Å². The molecule has 0 atom stereocenters. The Kier molecular flexibility index (Phi) is 4.73. The molecular formula is C14H18N4O2. The van der Waals surface area contributed by atoms with E-state index in [4.69, 9.17) is 15.6 Å². The summed E-state index contributed by atoms with van der Waals surface area (Å²) in [6, 6.07) is 9.16. The summed E-state index contributed by atoms with van der Waals surface area (Å²) in [6.45, 7) is 2.85. The molecule has 0 unspecified atom stereocenters. The molecule has 0 spiro atoms. The quantitative estimate of drug-likeness (QED) is 0.744. The molecule has 0 aliphatic rings. The maximum atomic E-state index is 8.87. The van der Waals surface area contributed by atoms with E-state index in [9.17, 15) is 0 Å². The minimum Gasteiger partial charge on any atom is -0.439 e. The number of anilines is 2. The first-order valence-electron chi connectivity index (χ1n) is 6.47. The monoisotopic (exact) mass is 274 g/mol. The first-order valence-corrected chi connectivity index (χ1v) is 6.47. The van der Waals surface area contributed by atoms with Crippen molar-refractivity contribution in [1.82, 2.24) is 9.97 Å². The third kappa shape index (κ3) is 3.83. The highest BCUT2D eigenvalue weighted by atomic mass is 16.5. The first-order chi connectivity index (χ1) is 9.71. The number of nitrogens with one attached hydrogen (secondary N) is 1. The Labute approximate surface area is 117 Å². The number of aliphatic hydroxyl groups excluding tert-OH is 1. The van der Waals surface area contributed by atoms with E-state index in [1.165, 1.54) is 0 Å². The number of rotatable bonds is 6. The highest BCUT2D eigenvalue weighted by molar-refractivity contribution is 5.44. The predicted octanol–water partition coefficient (Wildman–Crippen LogP) is 1.82. The Hall–Kier alpha value is -2.34. The largest absolute Gasteiger partial charge is 0.439 e. The average molecular weight is 274 g/mol. The molecule has 0 bridgehead atoms. The summed E-state index contributed by atoms with van der Waals surface area (Å²) in [4.78, 5) is 8.09. The molecule has 6 heteroatoms. The molecule has 1 aromatic heterocycles. The molecule has 6 nitrogen and oxygen atoms in total. The van der Waals surface area contributed by atoms with Crippen LogP contribution in [0.2, 0.25) is 0 Å². The number of hydrogen-bond acceptors (Lipinski definition) is 6. The predicted molar refractivity (Wildman–Crippen MR) is 77.9 cm³/mol. The fraction of sp³-hybridized carbons (Fsp3) is 0.286. The second kappa shape index (κ2) is 6.72. The van der Waals surface area contributed by atoms with Gasteiger partial charge < -0.3 is 20.9 Å². The lowest BCUT2D eigenvalue weighted by atomic mass is 10.1. The molecule has 2 aromatic rings. The zero-order valence-corrected chi connectivity index (χ0v) is 11.3. The molecule has 4 N–H and O–H groups in total. The van der Waals surface area contributed by atoms with E-state index < -0.39 is 0 Å². The second-order valence-corrected chi connectivity index (χ2v) is 4.20. The van der Waals surface area contributed by atoms with Crippen LogP contribution in [0.15, 0.2) is 30.3 Å². The number of hydrogen-bond donors (Lipinski definition) is 3. The summed E-state index contributed by atoms with van der Waals surface area (Å²) >= 11 is 0. The smallest absolute Gasteiger partial charge is 0.226 e. The fourth-order valence-corrected chi connectivity index (χ4v) is 1.74. The molecule has 1 aromatic carbocycles. The van der Waals surface area contributed by atoms with Crippen molar-refractivity contribution in [3.05, 3.63) is 35.9 Å². The fourth-order valence-electron chi connectivity index (χ4n) is 1.74. The minimum absolute atomic E-state index is 0.134. The molecule has 106 valence electrons. The number of nitrogens with two attached hydrogens (primary N) is 1. The van der Waals surface area contributed by atoms with Gasteiger partial charge in [0.1, 0.15) is 11.6 Å². The van der Waals surface area contributed by atoms with Crippen molar-refractivity contribution in [2.45, 2.75) is 13.3 Å². The van der Waals surface area contributed by atoms with Gasteiger partial charge in [-0.2, -0.15) is 9.97 Å². The number of nitrogens with zero attached hydrogens (tertiary/aromatic N) is 2. The second-order valence-electron chi connectivity index (χ2n) is 4.20. The highest BCUT2D eigenvalue weighted by Crippen LogP contribution is 2.22. The van der Waals surface area contributed by atoms with Crippen LogP contribution in [-0.4, -0.2) is 28.2 Å². The normalized spacial score (nSPS) is 10.3. The van der Waals surface area contributed by atoms with E-state index >= 15 is 0 Å². The van der Waals surface area contributed by atoms with E-state index in [2.05, 4.69) is 15.3 Å². The van der Waals surface area contributed by atoms with Crippen molar-refractivity contribution in [2.75, 3.05) is 24.2 Å². The molecule has 0 saturated carbocycles. The summed E-state index contributed by atoms with van der Waals surface area (Å²) in [5.74, 6) is 1.85. The van der Waals surface area contributed by atoms with Crippen molar-refractivity contribution in [3.8, 4) is 11.6 Å². The van der Waals surface area contributed by atoms with Crippen molar-refractivity contribution in [1.29, 1.82) is 0 Å². The molecule has 1 heterocycles. The Balaban J connectivity index is 2.12. The Morgan fingerprint density at radius 3 is 2.65 bits per heavy atom. The van der Waals surface area contributed by atoms with Gasteiger partial charge in [0.2, 0.25) is 11.8 Å². The lowest BCUT2D eigenvalue weighted by molar-refractivity contribution is 0.299. The Bertz CT molecular complexity index is 558. The molecule has 0 amide bonds. The zero-order valence-electron chi connectivity index (χ0n) is 11.3. The summed E-state index contributed by atoms with van der Waals surface area (Å²) in [5.41, 5.74) is 6.69. The van der Waals surface area contributed by atoms with Crippen molar-refractivity contribution in [3.63, 3.8) is 0 Å². The molecule has 0 saturated heterocycles. The summed E-state index contributed by atoms with van der Waals surface area (Å²) in [5, 5.41) is 11.9. The van der Waals surface area contributed by atoms with E-state index in [0.29, 0.717) is 23.9 Å². The number of nitrogen functional groups attached to an aromatic ring is 1. The summed E-state index contributed by atoms with van der Waals surface area (Å²) < 4.78 is 5.65. The number of ether oxygens (including phenoxy) is 1. The van der Waals surface area contributed by atoms with Crippen LogP contribution in [0.25, 0.3) is 0 Å². The van der Waals surface area contributed by atoms with Crippen LogP contribution in [0.3, 0.4) is 0 Å². The third-order valence-corrected chi connectivity index (χ3v) is 2.62. The van der Waals surface area contributed by atoms with Gasteiger partial charge in [-0.05, 0) is 31.0 Å². The van der Waals surface area contributed by atoms with Crippen LogP contribution >= 0.6 is 0 Å². The summed E-state index contributed by atoms with van der Waals surface area (Å²) in [7, 11) is 0. The van der Waals surface area contributed by atoms with Crippen molar-refractivity contribution in [2.24, 2.45) is 0 Å². The SMILES string of the molecule is CCNc1cc(Oc2ccc(CCO)cc2)nc(N)n1. The maximum absolute atomic E-state index is 8.87. The van der Waals surface area contributed by atoms with Gasteiger partial charge in [-0.3, -0.25) is 0 Å². The van der Waals surface area contributed by atoms with Crippen LogP contribution < -0.4 is 15.8 Å². The van der Waals surface area contributed by atoms with E-state index in [0.717, 1.165) is 12.1 Å². The van der Waals surface area contributed by atoms with Crippen LogP contribution in [0.4, 0.5) is 11.8 Å². The van der Waals surface area contributed by atoms with Crippen molar-refractivity contribution < 1.29 is 9.84 Å². The van der Waals surface area contributed by atoms with Crippen LogP contribution in [0, 0.1) is 0 Å². The van der Waals surface area contributed by atoms with Crippen LogP contribution in [0.5, 0.6) is 11.6 Å². The molecule has 2 rings (SSSR count). The van der Waals surface area contributed by atoms with Gasteiger partial charge in [-0.25, -0.2) is 0 Å². The number of aliphatic hydroxyl groups is 1. The first kappa shape index (κ1) is 14.1. The Morgan fingerprint density at radius 2 is 2.00 bits per heavy atom. The number of benzene rings is 1. The topological polar surface area (TPSA) is 93.3 Å². The number of aromatic nitrogens is 2. The van der Waals surface area contributed by atoms with Gasteiger partial charge in [-0.1, -0.05) is 12.1 Å². The maximum Gasteiger partial charge on any atom is 0.226 e. The minimum atomic E-state index is 0.134. The van der Waals surface area contributed by atoms with Gasteiger partial charge in [0.05, 0.1) is 0 Å². The molecule has 20 heavy (non-hydrogen) atoms. The van der Waals surface area contributed by atoms with Gasteiger partial charge in [-0.15, -0.1) is 0 Å². The average Bonchev–Trinajstić information content (AvgIpc) is 2.41.